The third kappa shape index (κ3) is 3.96. The van der Waals surface area contributed by atoms with Crippen molar-refractivity contribution in [2.75, 3.05) is 6.54 Å². The van der Waals surface area contributed by atoms with E-state index in [1.54, 1.807) is 0 Å². The van der Waals surface area contributed by atoms with Crippen LogP contribution in [-0.2, 0) is 11.0 Å². The van der Waals surface area contributed by atoms with Gasteiger partial charge in [-0.15, -0.1) is 0 Å². The van der Waals surface area contributed by atoms with Gasteiger partial charge in [-0.25, -0.2) is 4.39 Å². The number of carbonyl (C=O) groups excluding carboxylic acids is 2. The highest BCUT2D eigenvalue weighted by Crippen LogP contribution is 2.31. The molecule has 22 heavy (non-hydrogen) atoms. The zero-order chi connectivity index (χ0) is 16.3. The SMILES string of the molecule is O=C(CNC(=O)c1ccc(F)c(C(F)(F)F)c1)NC1CCC1. The molecule has 1 aromatic carbocycles. The van der Waals surface area contributed by atoms with E-state index in [4.69, 9.17) is 0 Å². The molecule has 0 spiro atoms. The largest absolute Gasteiger partial charge is 0.419 e. The average molecular weight is 318 g/mol. The number of alkyl halides is 3. The second-order valence-electron chi connectivity index (χ2n) is 5.07. The van der Waals surface area contributed by atoms with Crippen molar-refractivity contribution in [3.8, 4) is 0 Å². The van der Waals surface area contributed by atoms with Gasteiger partial charge in [-0.1, -0.05) is 0 Å². The summed E-state index contributed by atoms with van der Waals surface area (Å²) in [5.74, 6) is -2.72. The van der Waals surface area contributed by atoms with E-state index in [-0.39, 0.29) is 18.2 Å². The third-order valence-corrected chi connectivity index (χ3v) is 3.41. The predicted molar refractivity (Wildman–Crippen MR) is 69.5 cm³/mol. The minimum Gasteiger partial charge on any atom is -0.352 e. The number of hydrogen-bond acceptors (Lipinski definition) is 2. The molecule has 2 N–H and O–H groups in total. The lowest BCUT2D eigenvalue weighted by molar-refractivity contribution is -0.140. The first kappa shape index (κ1) is 16.3. The van der Waals surface area contributed by atoms with Gasteiger partial charge in [0.25, 0.3) is 5.91 Å². The van der Waals surface area contributed by atoms with Crippen LogP contribution in [0.15, 0.2) is 18.2 Å². The molecule has 0 unspecified atom stereocenters. The van der Waals surface area contributed by atoms with Crippen LogP contribution in [0.2, 0.25) is 0 Å². The number of nitrogens with one attached hydrogen (secondary N) is 2. The van der Waals surface area contributed by atoms with Gasteiger partial charge in [0.1, 0.15) is 5.82 Å². The fraction of sp³-hybridized carbons (Fsp3) is 0.429. The number of halogens is 4. The van der Waals surface area contributed by atoms with Crippen LogP contribution < -0.4 is 10.6 Å². The third-order valence-electron chi connectivity index (χ3n) is 3.41. The molecule has 0 bridgehead atoms. The molecule has 0 aliphatic heterocycles. The summed E-state index contributed by atoms with van der Waals surface area (Å²) in [7, 11) is 0. The Labute approximate surface area is 123 Å². The first-order chi connectivity index (χ1) is 10.3. The summed E-state index contributed by atoms with van der Waals surface area (Å²) in [5.41, 5.74) is -1.87. The van der Waals surface area contributed by atoms with Crippen LogP contribution in [0.5, 0.6) is 0 Å². The van der Waals surface area contributed by atoms with Gasteiger partial charge in [-0.2, -0.15) is 13.2 Å². The van der Waals surface area contributed by atoms with E-state index in [9.17, 15) is 27.2 Å². The minimum atomic E-state index is -4.89. The molecule has 1 fully saturated rings. The quantitative estimate of drug-likeness (QED) is 0.837. The zero-order valence-electron chi connectivity index (χ0n) is 11.5. The normalized spacial score (nSPS) is 15.1. The molecule has 2 rings (SSSR count). The number of hydrogen-bond donors (Lipinski definition) is 2. The molecule has 1 aliphatic rings. The Morgan fingerprint density at radius 1 is 1.23 bits per heavy atom. The monoisotopic (exact) mass is 318 g/mol. The lowest BCUT2D eigenvalue weighted by Crippen LogP contribution is -2.44. The molecule has 0 aromatic heterocycles. The Kier molecular flexibility index (Phi) is 4.68. The van der Waals surface area contributed by atoms with Gasteiger partial charge in [0.15, 0.2) is 0 Å². The minimum absolute atomic E-state index is 0.104. The molecular weight excluding hydrogens is 304 g/mol. The maximum Gasteiger partial charge on any atom is 0.419 e. The molecule has 0 heterocycles. The van der Waals surface area contributed by atoms with Crippen LogP contribution >= 0.6 is 0 Å². The molecule has 120 valence electrons. The molecule has 1 aromatic rings. The number of amides is 2. The molecule has 4 nitrogen and oxygen atoms in total. The summed E-state index contributed by atoms with van der Waals surface area (Å²) in [6.07, 6.45) is -2.09. The Bertz CT molecular complexity index is 583. The summed E-state index contributed by atoms with van der Waals surface area (Å²) in [6, 6.07) is 2.04. The van der Waals surface area contributed by atoms with E-state index < -0.39 is 29.4 Å². The summed E-state index contributed by atoms with van der Waals surface area (Å²) < 4.78 is 50.8. The van der Waals surface area contributed by atoms with E-state index in [2.05, 4.69) is 10.6 Å². The highest BCUT2D eigenvalue weighted by Gasteiger charge is 2.34. The van der Waals surface area contributed by atoms with Gasteiger partial charge in [0.2, 0.25) is 5.91 Å². The Balaban J connectivity index is 1.96. The van der Waals surface area contributed by atoms with Crippen molar-refractivity contribution in [1.82, 2.24) is 10.6 Å². The smallest absolute Gasteiger partial charge is 0.352 e. The predicted octanol–water partition coefficient (Wildman–Crippen LogP) is 2.24. The van der Waals surface area contributed by atoms with Gasteiger partial charge in [0.05, 0.1) is 12.1 Å². The van der Waals surface area contributed by atoms with Gasteiger partial charge in [-0.05, 0) is 37.5 Å². The lowest BCUT2D eigenvalue weighted by atomic mass is 9.93. The Hall–Kier alpha value is -2.12. The fourth-order valence-corrected chi connectivity index (χ4v) is 1.98. The molecule has 1 aliphatic carbocycles. The molecule has 0 atom stereocenters. The van der Waals surface area contributed by atoms with E-state index in [1.807, 2.05) is 0 Å². The van der Waals surface area contributed by atoms with Crippen LogP contribution in [0.25, 0.3) is 0 Å². The van der Waals surface area contributed by atoms with Crippen molar-refractivity contribution in [1.29, 1.82) is 0 Å². The maximum atomic E-state index is 13.1. The number of carbonyl (C=O) groups is 2. The van der Waals surface area contributed by atoms with Crippen LogP contribution in [0.3, 0.4) is 0 Å². The summed E-state index contributed by atoms with van der Waals surface area (Å²) in [6.45, 7) is -0.339. The van der Waals surface area contributed by atoms with E-state index in [0.29, 0.717) is 12.1 Å². The van der Waals surface area contributed by atoms with Crippen molar-refractivity contribution >= 4 is 11.8 Å². The molecule has 0 saturated heterocycles. The fourth-order valence-electron chi connectivity index (χ4n) is 1.98. The Morgan fingerprint density at radius 3 is 2.45 bits per heavy atom. The van der Waals surface area contributed by atoms with Crippen molar-refractivity contribution in [3.05, 3.63) is 35.1 Å². The maximum absolute atomic E-state index is 13.1. The standard InChI is InChI=1S/C14H14F4N2O2/c15-11-5-4-8(6-10(11)14(16,17)18)13(22)19-7-12(21)20-9-2-1-3-9/h4-6,9H,1-3,7H2,(H,19,22)(H,20,21). The lowest BCUT2D eigenvalue weighted by Gasteiger charge is -2.26. The van der Waals surface area contributed by atoms with Crippen molar-refractivity contribution in [2.45, 2.75) is 31.5 Å². The van der Waals surface area contributed by atoms with E-state index >= 15 is 0 Å². The highest BCUT2D eigenvalue weighted by molar-refractivity contribution is 5.96. The van der Waals surface area contributed by atoms with Crippen LogP contribution in [0.1, 0.15) is 35.2 Å². The summed E-state index contributed by atoms with van der Waals surface area (Å²) in [5, 5.41) is 4.88. The second kappa shape index (κ2) is 6.33. The zero-order valence-corrected chi connectivity index (χ0v) is 11.5. The molecule has 1 saturated carbocycles. The van der Waals surface area contributed by atoms with Gasteiger partial charge in [-0.3, -0.25) is 9.59 Å². The summed E-state index contributed by atoms with van der Waals surface area (Å²) in [4.78, 5) is 23.2. The average Bonchev–Trinajstić information content (AvgIpc) is 2.39. The molecule has 2 amide bonds. The number of rotatable bonds is 4. The second-order valence-corrected chi connectivity index (χ2v) is 5.07. The highest BCUT2D eigenvalue weighted by atomic mass is 19.4. The summed E-state index contributed by atoms with van der Waals surface area (Å²) >= 11 is 0. The van der Waals surface area contributed by atoms with Crippen molar-refractivity contribution in [2.24, 2.45) is 0 Å². The van der Waals surface area contributed by atoms with Crippen molar-refractivity contribution < 1.29 is 27.2 Å². The first-order valence-electron chi connectivity index (χ1n) is 6.71. The molecule has 8 heteroatoms. The topological polar surface area (TPSA) is 58.2 Å². The van der Waals surface area contributed by atoms with Crippen LogP contribution in [0, 0.1) is 5.82 Å². The van der Waals surface area contributed by atoms with E-state index in [1.165, 1.54) is 0 Å². The van der Waals surface area contributed by atoms with Crippen molar-refractivity contribution in [3.63, 3.8) is 0 Å². The molecule has 0 radical (unpaired) electrons. The van der Waals surface area contributed by atoms with E-state index in [0.717, 1.165) is 25.3 Å². The van der Waals surface area contributed by atoms with Crippen LogP contribution in [0.4, 0.5) is 17.6 Å². The van der Waals surface area contributed by atoms with Gasteiger partial charge in [0, 0.05) is 11.6 Å². The number of benzene rings is 1. The van der Waals surface area contributed by atoms with Crippen LogP contribution in [-0.4, -0.2) is 24.4 Å². The van der Waals surface area contributed by atoms with Gasteiger partial charge < -0.3 is 10.6 Å². The first-order valence-corrected chi connectivity index (χ1v) is 6.71. The van der Waals surface area contributed by atoms with Gasteiger partial charge >= 0.3 is 6.18 Å². The Morgan fingerprint density at radius 2 is 1.91 bits per heavy atom. The molecular formula is C14H14F4N2O2.